The molecule has 0 unspecified atom stereocenters. The first-order valence-electron chi connectivity index (χ1n) is 8.83. The monoisotopic (exact) mass is 430 g/mol. The standard InChI is InChI=1S/C21H22N2O4S2/c1-14-12-20(21(24)13-28-18-8-6-17(27-3)7-9-18)15(2)23(14)16-4-10-19(11-5-16)29(22,25)26/h4-12H,13H2,1-3H3,(H2,22,25,26). The Labute approximate surface area is 174 Å². The van der Waals surface area contributed by atoms with Gasteiger partial charge >= 0.3 is 0 Å². The highest BCUT2D eigenvalue weighted by Gasteiger charge is 2.17. The number of primary sulfonamides is 1. The molecule has 152 valence electrons. The number of carbonyl (C=O) groups is 1. The van der Waals surface area contributed by atoms with Crippen molar-refractivity contribution in [1.29, 1.82) is 0 Å². The minimum absolute atomic E-state index is 0.0336. The quantitative estimate of drug-likeness (QED) is 0.456. The van der Waals surface area contributed by atoms with E-state index in [1.54, 1.807) is 19.2 Å². The molecule has 0 bridgehead atoms. The molecule has 2 N–H and O–H groups in total. The molecule has 29 heavy (non-hydrogen) atoms. The van der Waals surface area contributed by atoms with E-state index >= 15 is 0 Å². The largest absolute Gasteiger partial charge is 0.497 e. The zero-order valence-corrected chi connectivity index (χ0v) is 18.0. The van der Waals surface area contributed by atoms with Crippen LogP contribution in [0, 0.1) is 13.8 Å². The summed E-state index contributed by atoms with van der Waals surface area (Å²) in [5.74, 6) is 1.13. The molecule has 2 aromatic carbocycles. The summed E-state index contributed by atoms with van der Waals surface area (Å²) in [6.45, 7) is 3.79. The molecule has 0 aliphatic carbocycles. The van der Waals surface area contributed by atoms with Gasteiger partial charge in [0, 0.05) is 27.5 Å². The van der Waals surface area contributed by atoms with Gasteiger partial charge < -0.3 is 9.30 Å². The van der Waals surface area contributed by atoms with E-state index in [-0.39, 0.29) is 10.7 Å². The van der Waals surface area contributed by atoms with Gasteiger partial charge in [0.05, 0.1) is 17.8 Å². The van der Waals surface area contributed by atoms with Gasteiger partial charge in [0.25, 0.3) is 0 Å². The van der Waals surface area contributed by atoms with Crippen molar-refractivity contribution in [3.8, 4) is 11.4 Å². The molecule has 3 aromatic rings. The number of aromatic nitrogens is 1. The summed E-state index contributed by atoms with van der Waals surface area (Å²) in [6, 6.07) is 15.7. The molecule has 0 aliphatic rings. The predicted octanol–water partition coefficient (Wildman–Crippen LogP) is 3.73. The third-order valence-electron chi connectivity index (χ3n) is 4.58. The fraction of sp³-hybridized carbons (Fsp3) is 0.190. The van der Waals surface area contributed by atoms with E-state index in [9.17, 15) is 13.2 Å². The van der Waals surface area contributed by atoms with E-state index in [0.717, 1.165) is 27.7 Å². The zero-order chi connectivity index (χ0) is 21.2. The van der Waals surface area contributed by atoms with Crippen LogP contribution < -0.4 is 9.88 Å². The van der Waals surface area contributed by atoms with Gasteiger partial charge in [-0.2, -0.15) is 0 Å². The van der Waals surface area contributed by atoms with E-state index in [1.165, 1.54) is 23.9 Å². The number of sulfonamides is 1. The van der Waals surface area contributed by atoms with E-state index in [0.29, 0.717) is 11.3 Å². The summed E-state index contributed by atoms with van der Waals surface area (Å²) < 4.78 is 30.0. The van der Waals surface area contributed by atoms with Gasteiger partial charge in [-0.05, 0) is 68.4 Å². The lowest BCUT2D eigenvalue weighted by Gasteiger charge is -2.10. The molecule has 3 rings (SSSR count). The average molecular weight is 431 g/mol. The fourth-order valence-corrected chi connectivity index (χ4v) is 4.42. The van der Waals surface area contributed by atoms with Gasteiger partial charge in [-0.3, -0.25) is 4.79 Å². The maximum absolute atomic E-state index is 12.8. The van der Waals surface area contributed by atoms with Crippen LogP contribution in [0.2, 0.25) is 0 Å². The van der Waals surface area contributed by atoms with Crippen molar-refractivity contribution < 1.29 is 17.9 Å². The third kappa shape index (κ3) is 4.72. The Hall–Kier alpha value is -2.55. The number of thioether (sulfide) groups is 1. The van der Waals surface area contributed by atoms with Gasteiger partial charge in [-0.25, -0.2) is 13.6 Å². The third-order valence-corrected chi connectivity index (χ3v) is 6.53. The molecule has 0 amide bonds. The van der Waals surface area contributed by atoms with E-state index < -0.39 is 10.0 Å². The molecule has 0 fully saturated rings. The highest BCUT2D eigenvalue weighted by Crippen LogP contribution is 2.26. The van der Waals surface area contributed by atoms with E-state index in [4.69, 9.17) is 9.88 Å². The van der Waals surface area contributed by atoms with Crippen molar-refractivity contribution in [3.63, 3.8) is 0 Å². The van der Waals surface area contributed by atoms with Crippen LogP contribution in [0.4, 0.5) is 0 Å². The number of ether oxygens (including phenoxy) is 1. The van der Waals surface area contributed by atoms with Crippen LogP contribution >= 0.6 is 11.8 Å². The number of benzene rings is 2. The lowest BCUT2D eigenvalue weighted by Crippen LogP contribution is -2.12. The van der Waals surface area contributed by atoms with Gasteiger partial charge in [-0.15, -0.1) is 11.8 Å². The SMILES string of the molecule is COc1ccc(SCC(=O)c2cc(C)n(-c3ccc(S(N)(=O)=O)cc3)c2C)cc1. The summed E-state index contributed by atoms with van der Waals surface area (Å²) >= 11 is 1.47. The normalized spacial score (nSPS) is 11.4. The van der Waals surface area contributed by atoms with Crippen LogP contribution in [0.5, 0.6) is 5.75 Å². The van der Waals surface area contributed by atoms with Crippen LogP contribution in [-0.4, -0.2) is 31.6 Å². The Bertz CT molecular complexity index is 1130. The molecular formula is C21H22N2O4S2. The Morgan fingerprint density at radius 1 is 1.07 bits per heavy atom. The molecule has 6 nitrogen and oxygen atoms in total. The topological polar surface area (TPSA) is 91.4 Å². The predicted molar refractivity (Wildman–Crippen MR) is 115 cm³/mol. The Kier molecular flexibility index (Phi) is 6.16. The molecule has 8 heteroatoms. The van der Waals surface area contributed by atoms with Crippen LogP contribution in [0.3, 0.4) is 0 Å². The minimum atomic E-state index is -3.74. The first-order chi connectivity index (χ1) is 13.7. The second-order valence-corrected chi connectivity index (χ2v) is 9.16. The van der Waals surface area contributed by atoms with Crippen LogP contribution in [0.25, 0.3) is 5.69 Å². The van der Waals surface area contributed by atoms with Gasteiger partial charge in [0.1, 0.15) is 5.75 Å². The number of hydrogen-bond acceptors (Lipinski definition) is 5. The highest BCUT2D eigenvalue weighted by molar-refractivity contribution is 8.00. The summed E-state index contributed by atoms with van der Waals surface area (Å²) in [4.78, 5) is 13.8. The highest BCUT2D eigenvalue weighted by atomic mass is 32.2. The molecule has 0 saturated carbocycles. The van der Waals surface area contributed by atoms with Crippen molar-refractivity contribution in [2.75, 3.05) is 12.9 Å². The fourth-order valence-electron chi connectivity index (χ4n) is 3.13. The number of ketones is 1. The summed E-state index contributed by atoms with van der Waals surface area (Å²) in [6.07, 6.45) is 0. The number of carbonyl (C=O) groups excluding carboxylic acids is 1. The maximum Gasteiger partial charge on any atom is 0.238 e. The lowest BCUT2D eigenvalue weighted by molar-refractivity contribution is 0.102. The Balaban J connectivity index is 1.80. The minimum Gasteiger partial charge on any atom is -0.497 e. The van der Waals surface area contributed by atoms with Crippen molar-refractivity contribution in [2.45, 2.75) is 23.6 Å². The molecule has 0 atom stereocenters. The summed E-state index contributed by atoms with van der Waals surface area (Å²) in [5.41, 5.74) is 3.13. The summed E-state index contributed by atoms with van der Waals surface area (Å²) in [5, 5.41) is 5.16. The van der Waals surface area contributed by atoms with Crippen molar-refractivity contribution >= 4 is 27.6 Å². The van der Waals surface area contributed by atoms with E-state index in [1.807, 2.05) is 48.7 Å². The summed E-state index contributed by atoms with van der Waals surface area (Å²) in [7, 11) is -2.13. The first-order valence-corrected chi connectivity index (χ1v) is 11.4. The Morgan fingerprint density at radius 2 is 1.69 bits per heavy atom. The van der Waals surface area contributed by atoms with Crippen LogP contribution in [-0.2, 0) is 10.0 Å². The molecule has 1 aromatic heterocycles. The number of methoxy groups -OCH3 is 1. The molecule has 0 saturated heterocycles. The lowest BCUT2D eigenvalue weighted by atomic mass is 10.2. The number of hydrogen-bond donors (Lipinski definition) is 1. The van der Waals surface area contributed by atoms with Crippen molar-refractivity contribution in [1.82, 2.24) is 4.57 Å². The maximum atomic E-state index is 12.8. The van der Waals surface area contributed by atoms with Crippen LogP contribution in [0.1, 0.15) is 21.7 Å². The molecule has 1 heterocycles. The Morgan fingerprint density at radius 3 is 2.24 bits per heavy atom. The number of rotatable bonds is 7. The second kappa shape index (κ2) is 8.44. The first kappa shape index (κ1) is 21.2. The molecule has 0 radical (unpaired) electrons. The number of aryl methyl sites for hydroxylation is 1. The van der Waals surface area contributed by atoms with E-state index in [2.05, 4.69) is 0 Å². The molecular weight excluding hydrogens is 408 g/mol. The van der Waals surface area contributed by atoms with Crippen molar-refractivity contribution in [3.05, 3.63) is 71.5 Å². The average Bonchev–Trinajstić information content (AvgIpc) is 3.00. The van der Waals surface area contributed by atoms with Gasteiger partial charge in [0.2, 0.25) is 10.0 Å². The number of Topliss-reactive ketones (excluding diaryl/α,β-unsaturated/α-hetero) is 1. The smallest absolute Gasteiger partial charge is 0.238 e. The van der Waals surface area contributed by atoms with Gasteiger partial charge in [0.15, 0.2) is 5.78 Å². The molecule has 0 aliphatic heterocycles. The zero-order valence-electron chi connectivity index (χ0n) is 16.4. The number of nitrogens with two attached hydrogens (primary N) is 1. The van der Waals surface area contributed by atoms with Crippen LogP contribution in [0.15, 0.2) is 64.4 Å². The molecule has 0 spiro atoms. The number of nitrogens with zero attached hydrogens (tertiary/aromatic N) is 1. The second-order valence-electron chi connectivity index (χ2n) is 6.55. The van der Waals surface area contributed by atoms with Crippen molar-refractivity contribution in [2.24, 2.45) is 5.14 Å². The van der Waals surface area contributed by atoms with Gasteiger partial charge in [-0.1, -0.05) is 0 Å².